The molecule has 17 heavy (non-hydrogen) atoms. The van der Waals surface area contributed by atoms with Gasteiger partial charge in [-0.1, -0.05) is 6.92 Å². The van der Waals surface area contributed by atoms with Crippen LogP contribution in [0.15, 0.2) is 10.7 Å². The van der Waals surface area contributed by atoms with E-state index >= 15 is 0 Å². The van der Waals surface area contributed by atoms with Gasteiger partial charge in [-0.3, -0.25) is 0 Å². The predicted octanol–water partition coefficient (Wildman–Crippen LogP) is 3.57. The quantitative estimate of drug-likeness (QED) is 0.799. The van der Waals surface area contributed by atoms with Gasteiger partial charge in [0, 0.05) is 24.6 Å². The highest BCUT2D eigenvalue weighted by atomic mass is 79.9. The van der Waals surface area contributed by atoms with Gasteiger partial charge in [-0.25, -0.2) is 9.97 Å². The Bertz CT molecular complexity index is 404. The topological polar surface area (TPSA) is 29.0 Å². The van der Waals surface area contributed by atoms with E-state index in [0.717, 1.165) is 35.6 Å². The van der Waals surface area contributed by atoms with Crippen LogP contribution in [0.1, 0.15) is 45.9 Å². The van der Waals surface area contributed by atoms with Gasteiger partial charge in [0.1, 0.15) is 16.2 Å². The number of hydrogen-bond donors (Lipinski definition) is 0. The highest BCUT2D eigenvalue weighted by Gasteiger charge is 2.33. The van der Waals surface area contributed by atoms with E-state index < -0.39 is 0 Å². The summed E-state index contributed by atoms with van der Waals surface area (Å²) in [6.07, 6.45) is 4.51. The van der Waals surface area contributed by atoms with Crippen LogP contribution >= 0.6 is 15.9 Å². The van der Waals surface area contributed by atoms with Crippen molar-refractivity contribution in [1.29, 1.82) is 0 Å². The van der Waals surface area contributed by atoms with Gasteiger partial charge in [0.15, 0.2) is 0 Å². The Balaban J connectivity index is 2.31. The lowest BCUT2D eigenvalue weighted by molar-refractivity contribution is 0.513. The lowest BCUT2D eigenvalue weighted by atomic mass is 10.0. The standard InChI is InChI=1S/C13H20BrN3/c1-4-6-11-15-10(14)9-12(16-11)17-8-5-7-13(17,2)3/h9H,4-8H2,1-3H3. The van der Waals surface area contributed by atoms with Crippen LogP contribution < -0.4 is 4.90 Å². The summed E-state index contributed by atoms with van der Waals surface area (Å²) in [6, 6.07) is 2.03. The molecule has 0 aromatic carbocycles. The van der Waals surface area contributed by atoms with Crippen LogP contribution in [0.5, 0.6) is 0 Å². The third kappa shape index (κ3) is 2.79. The molecule has 1 aromatic heterocycles. The first-order valence-electron chi connectivity index (χ1n) is 6.34. The van der Waals surface area contributed by atoms with Gasteiger partial charge in [-0.2, -0.15) is 0 Å². The fourth-order valence-corrected chi connectivity index (χ4v) is 2.87. The third-order valence-electron chi connectivity index (χ3n) is 3.38. The van der Waals surface area contributed by atoms with E-state index in [-0.39, 0.29) is 5.54 Å². The normalized spacial score (nSPS) is 18.7. The minimum absolute atomic E-state index is 0.220. The van der Waals surface area contributed by atoms with Gasteiger partial charge in [0.25, 0.3) is 0 Å². The number of hydrogen-bond acceptors (Lipinski definition) is 3. The molecule has 0 amide bonds. The van der Waals surface area contributed by atoms with E-state index in [0.29, 0.717) is 0 Å². The van der Waals surface area contributed by atoms with Gasteiger partial charge in [0.2, 0.25) is 0 Å². The fraction of sp³-hybridized carbons (Fsp3) is 0.692. The van der Waals surface area contributed by atoms with E-state index in [1.807, 2.05) is 6.07 Å². The number of halogens is 1. The lowest BCUT2D eigenvalue weighted by Crippen LogP contribution is -2.38. The maximum Gasteiger partial charge on any atom is 0.133 e. The molecule has 1 aliphatic heterocycles. The van der Waals surface area contributed by atoms with E-state index in [1.165, 1.54) is 12.8 Å². The molecule has 0 saturated carbocycles. The van der Waals surface area contributed by atoms with Crippen molar-refractivity contribution in [2.24, 2.45) is 0 Å². The average molecular weight is 298 g/mol. The highest BCUT2D eigenvalue weighted by Crippen LogP contribution is 2.33. The van der Waals surface area contributed by atoms with E-state index in [4.69, 9.17) is 0 Å². The Morgan fingerprint density at radius 3 is 2.76 bits per heavy atom. The van der Waals surface area contributed by atoms with Crippen molar-refractivity contribution < 1.29 is 0 Å². The Kier molecular flexibility index (Phi) is 3.71. The lowest BCUT2D eigenvalue weighted by Gasteiger charge is -2.32. The maximum atomic E-state index is 4.69. The van der Waals surface area contributed by atoms with Crippen molar-refractivity contribution >= 4 is 21.7 Å². The van der Waals surface area contributed by atoms with Crippen LogP contribution in [0.2, 0.25) is 0 Å². The summed E-state index contributed by atoms with van der Waals surface area (Å²) in [4.78, 5) is 11.5. The molecule has 1 fully saturated rings. The molecular weight excluding hydrogens is 278 g/mol. The summed E-state index contributed by atoms with van der Waals surface area (Å²) in [7, 11) is 0. The average Bonchev–Trinajstić information content (AvgIpc) is 2.57. The molecule has 0 N–H and O–H groups in total. The molecule has 1 aromatic rings. The number of rotatable bonds is 3. The molecule has 0 atom stereocenters. The van der Waals surface area contributed by atoms with E-state index in [9.17, 15) is 0 Å². The largest absolute Gasteiger partial charge is 0.351 e. The van der Waals surface area contributed by atoms with E-state index in [1.54, 1.807) is 0 Å². The number of aryl methyl sites for hydroxylation is 1. The summed E-state index contributed by atoms with van der Waals surface area (Å²) in [6.45, 7) is 7.83. The second-order valence-corrected chi connectivity index (χ2v) is 6.10. The van der Waals surface area contributed by atoms with Gasteiger partial charge < -0.3 is 4.90 Å². The Morgan fingerprint density at radius 2 is 2.18 bits per heavy atom. The molecular formula is C13H20BrN3. The van der Waals surface area contributed by atoms with E-state index in [2.05, 4.69) is 51.6 Å². The van der Waals surface area contributed by atoms with Gasteiger partial charge >= 0.3 is 0 Å². The SMILES string of the molecule is CCCc1nc(Br)cc(N2CCCC2(C)C)n1. The molecule has 0 bridgehead atoms. The molecule has 0 spiro atoms. The number of aromatic nitrogens is 2. The molecule has 94 valence electrons. The highest BCUT2D eigenvalue weighted by molar-refractivity contribution is 9.10. The zero-order valence-corrected chi connectivity index (χ0v) is 12.4. The molecule has 4 heteroatoms. The van der Waals surface area contributed by atoms with Crippen LogP contribution in [-0.2, 0) is 6.42 Å². The van der Waals surface area contributed by atoms with Crippen molar-refractivity contribution in [3.05, 3.63) is 16.5 Å². The maximum absolute atomic E-state index is 4.69. The Labute approximate surface area is 112 Å². The number of nitrogens with zero attached hydrogens (tertiary/aromatic N) is 3. The first-order chi connectivity index (χ1) is 8.03. The van der Waals surface area contributed by atoms with Crippen molar-refractivity contribution in [2.75, 3.05) is 11.4 Å². The summed E-state index contributed by atoms with van der Waals surface area (Å²) >= 11 is 3.49. The Hall–Kier alpha value is -0.640. The molecule has 2 heterocycles. The molecule has 1 saturated heterocycles. The van der Waals surface area contributed by atoms with Crippen molar-refractivity contribution in [2.45, 2.75) is 52.0 Å². The molecule has 3 nitrogen and oxygen atoms in total. The van der Waals surface area contributed by atoms with Crippen LogP contribution in [0, 0.1) is 0 Å². The number of anilines is 1. The van der Waals surface area contributed by atoms with Crippen molar-refractivity contribution in [3.8, 4) is 0 Å². The van der Waals surface area contributed by atoms with Gasteiger partial charge in [-0.05, 0) is 49.0 Å². The van der Waals surface area contributed by atoms with Crippen LogP contribution in [0.25, 0.3) is 0 Å². The van der Waals surface area contributed by atoms with Crippen LogP contribution in [0.4, 0.5) is 5.82 Å². The second-order valence-electron chi connectivity index (χ2n) is 5.28. The van der Waals surface area contributed by atoms with Gasteiger partial charge in [0.05, 0.1) is 0 Å². The molecule has 0 radical (unpaired) electrons. The molecule has 0 unspecified atom stereocenters. The minimum Gasteiger partial charge on any atom is -0.351 e. The summed E-state index contributed by atoms with van der Waals surface area (Å²) < 4.78 is 0.897. The Morgan fingerprint density at radius 1 is 1.41 bits per heavy atom. The fourth-order valence-electron chi connectivity index (χ4n) is 2.46. The van der Waals surface area contributed by atoms with Crippen LogP contribution in [-0.4, -0.2) is 22.1 Å². The molecule has 2 rings (SSSR count). The van der Waals surface area contributed by atoms with Crippen molar-refractivity contribution in [3.63, 3.8) is 0 Å². The van der Waals surface area contributed by atoms with Gasteiger partial charge in [-0.15, -0.1) is 0 Å². The molecule has 0 aliphatic carbocycles. The summed E-state index contributed by atoms with van der Waals surface area (Å²) in [5.74, 6) is 2.01. The first-order valence-corrected chi connectivity index (χ1v) is 7.13. The smallest absolute Gasteiger partial charge is 0.133 e. The zero-order valence-electron chi connectivity index (χ0n) is 10.8. The minimum atomic E-state index is 0.220. The molecule has 1 aliphatic rings. The summed E-state index contributed by atoms with van der Waals surface area (Å²) in [5, 5.41) is 0. The van der Waals surface area contributed by atoms with Crippen molar-refractivity contribution in [1.82, 2.24) is 9.97 Å². The monoisotopic (exact) mass is 297 g/mol. The predicted molar refractivity (Wildman–Crippen MR) is 74.4 cm³/mol. The second kappa shape index (κ2) is 4.92. The zero-order chi connectivity index (χ0) is 12.5. The third-order valence-corrected chi connectivity index (χ3v) is 3.79. The van der Waals surface area contributed by atoms with Crippen LogP contribution in [0.3, 0.4) is 0 Å². The first kappa shape index (κ1) is 12.8. The summed E-state index contributed by atoms with van der Waals surface area (Å²) in [5.41, 5.74) is 0.220.